The zero-order chi connectivity index (χ0) is 15.0. The van der Waals surface area contributed by atoms with Crippen LogP contribution in [0.5, 0.6) is 0 Å². The molecule has 0 spiro atoms. The standard InChI is InChI=1S/C13H23N3O4/c1-9(2-5-12(18)19)6-7-14-13(20)16-10-3-4-11(17)15-8-10/h9-10H,2-8H2,1H3,(H,15,17)(H,18,19)(H2,14,16,20). The average Bonchev–Trinajstić information content (AvgIpc) is 2.39. The fraction of sp³-hybridized carbons (Fsp3) is 0.769. The summed E-state index contributed by atoms with van der Waals surface area (Å²) in [7, 11) is 0. The molecule has 0 aromatic heterocycles. The number of piperidine rings is 1. The van der Waals surface area contributed by atoms with Crippen LogP contribution in [0.3, 0.4) is 0 Å². The molecule has 0 aromatic rings. The molecule has 3 amide bonds. The summed E-state index contributed by atoms with van der Waals surface area (Å²) < 4.78 is 0. The molecule has 0 aromatic carbocycles. The second kappa shape index (κ2) is 8.39. The van der Waals surface area contributed by atoms with Gasteiger partial charge in [-0.3, -0.25) is 9.59 Å². The van der Waals surface area contributed by atoms with Gasteiger partial charge in [0, 0.05) is 32.0 Å². The molecular formula is C13H23N3O4. The van der Waals surface area contributed by atoms with E-state index in [1.165, 1.54) is 0 Å². The van der Waals surface area contributed by atoms with Gasteiger partial charge in [-0.1, -0.05) is 6.92 Å². The van der Waals surface area contributed by atoms with E-state index in [1.807, 2.05) is 6.92 Å². The van der Waals surface area contributed by atoms with Gasteiger partial charge in [0.1, 0.15) is 0 Å². The van der Waals surface area contributed by atoms with Crippen LogP contribution in [0, 0.1) is 5.92 Å². The molecule has 1 rings (SSSR count). The van der Waals surface area contributed by atoms with E-state index in [-0.39, 0.29) is 30.3 Å². The van der Waals surface area contributed by atoms with Crippen molar-refractivity contribution in [2.75, 3.05) is 13.1 Å². The van der Waals surface area contributed by atoms with E-state index in [2.05, 4.69) is 16.0 Å². The summed E-state index contributed by atoms with van der Waals surface area (Å²) in [5.74, 6) is -0.502. The Hall–Kier alpha value is -1.79. The smallest absolute Gasteiger partial charge is 0.315 e. The Kier molecular flexibility index (Phi) is 6.83. The summed E-state index contributed by atoms with van der Waals surface area (Å²) in [6.07, 6.45) is 2.63. The number of hydrogen-bond donors (Lipinski definition) is 4. The molecule has 0 aliphatic carbocycles. The van der Waals surface area contributed by atoms with Crippen LogP contribution in [0.25, 0.3) is 0 Å². The maximum atomic E-state index is 11.6. The first kappa shape index (κ1) is 16.3. The highest BCUT2D eigenvalue weighted by Gasteiger charge is 2.19. The molecule has 1 aliphatic rings. The predicted octanol–water partition coefficient (Wildman–Crippen LogP) is 0.455. The number of nitrogens with one attached hydrogen (secondary N) is 3. The normalized spacial score (nSPS) is 19.9. The van der Waals surface area contributed by atoms with Crippen molar-refractivity contribution in [3.05, 3.63) is 0 Å². The minimum absolute atomic E-state index is 0.0165. The summed E-state index contributed by atoms with van der Waals surface area (Å²) >= 11 is 0. The number of aliphatic carboxylic acids is 1. The molecule has 1 saturated heterocycles. The first-order chi connectivity index (χ1) is 9.47. The molecule has 1 aliphatic heterocycles. The Morgan fingerprint density at radius 2 is 2.20 bits per heavy atom. The summed E-state index contributed by atoms with van der Waals surface area (Å²) in [5.41, 5.74) is 0. The van der Waals surface area contributed by atoms with Crippen LogP contribution in [0.1, 0.15) is 39.0 Å². The third kappa shape index (κ3) is 6.96. The van der Waals surface area contributed by atoms with Gasteiger partial charge in [-0.2, -0.15) is 0 Å². The van der Waals surface area contributed by atoms with E-state index in [0.717, 1.165) is 6.42 Å². The number of rotatable bonds is 7. The maximum Gasteiger partial charge on any atom is 0.315 e. The van der Waals surface area contributed by atoms with Crippen molar-refractivity contribution in [3.8, 4) is 0 Å². The van der Waals surface area contributed by atoms with E-state index < -0.39 is 5.97 Å². The Balaban J connectivity index is 2.07. The number of carboxylic acids is 1. The molecule has 0 radical (unpaired) electrons. The monoisotopic (exact) mass is 285 g/mol. The van der Waals surface area contributed by atoms with Crippen LogP contribution in [0.2, 0.25) is 0 Å². The molecule has 7 heteroatoms. The number of carbonyl (C=O) groups excluding carboxylic acids is 2. The zero-order valence-electron chi connectivity index (χ0n) is 11.8. The SMILES string of the molecule is CC(CCNC(=O)NC1CCC(=O)NC1)CCC(=O)O. The van der Waals surface area contributed by atoms with Crippen molar-refractivity contribution in [1.29, 1.82) is 0 Å². The average molecular weight is 285 g/mol. The largest absolute Gasteiger partial charge is 0.481 e. The topological polar surface area (TPSA) is 108 Å². The van der Waals surface area contributed by atoms with E-state index in [0.29, 0.717) is 32.4 Å². The molecule has 114 valence electrons. The van der Waals surface area contributed by atoms with E-state index in [9.17, 15) is 14.4 Å². The van der Waals surface area contributed by atoms with E-state index in [1.54, 1.807) is 0 Å². The predicted molar refractivity (Wildman–Crippen MR) is 73.2 cm³/mol. The first-order valence-corrected chi connectivity index (χ1v) is 7.00. The van der Waals surface area contributed by atoms with Gasteiger partial charge in [0.15, 0.2) is 0 Å². The number of amides is 3. The minimum Gasteiger partial charge on any atom is -0.481 e. The molecule has 2 unspecified atom stereocenters. The second-order valence-corrected chi connectivity index (χ2v) is 5.27. The molecule has 2 atom stereocenters. The maximum absolute atomic E-state index is 11.6. The lowest BCUT2D eigenvalue weighted by atomic mass is 10.0. The lowest BCUT2D eigenvalue weighted by Crippen LogP contribution is -2.50. The molecule has 20 heavy (non-hydrogen) atoms. The fourth-order valence-electron chi connectivity index (χ4n) is 2.04. The van der Waals surface area contributed by atoms with Crippen LogP contribution in [0.15, 0.2) is 0 Å². The van der Waals surface area contributed by atoms with Crippen molar-refractivity contribution < 1.29 is 19.5 Å². The van der Waals surface area contributed by atoms with Crippen LogP contribution < -0.4 is 16.0 Å². The summed E-state index contributed by atoms with van der Waals surface area (Å²) in [4.78, 5) is 33.0. The number of carboxylic acid groups (broad SMARTS) is 1. The minimum atomic E-state index is -0.790. The van der Waals surface area contributed by atoms with Gasteiger partial charge in [-0.25, -0.2) is 4.79 Å². The van der Waals surface area contributed by atoms with Crippen molar-refractivity contribution >= 4 is 17.9 Å². The van der Waals surface area contributed by atoms with Crippen LogP contribution in [-0.2, 0) is 9.59 Å². The first-order valence-electron chi connectivity index (χ1n) is 7.00. The molecule has 0 saturated carbocycles. The molecule has 7 nitrogen and oxygen atoms in total. The van der Waals surface area contributed by atoms with Gasteiger partial charge in [0.05, 0.1) is 0 Å². The Labute approximate surface area is 118 Å². The van der Waals surface area contributed by atoms with Crippen LogP contribution >= 0.6 is 0 Å². The fourth-order valence-corrected chi connectivity index (χ4v) is 2.04. The summed E-state index contributed by atoms with van der Waals surface area (Å²) in [5, 5.41) is 16.8. The van der Waals surface area contributed by atoms with Crippen molar-refractivity contribution in [2.45, 2.75) is 45.1 Å². The van der Waals surface area contributed by atoms with Crippen molar-refractivity contribution in [3.63, 3.8) is 0 Å². The Morgan fingerprint density at radius 3 is 2.80 bits per heavy atom. The third-order valence-electron chi connectivity index (χ3n) is 3.37. The lowest BCUT2D eigenvalue weighted by molar-refractivity contribution is -0.137. The highest BCUT2D eigenvalue weighted by molar-refractivity contribution is 5.78. The lowest BCUT2D eigenvalue weighted by Gasteiger charge is -2.23. The summed E-state index contributed by atoms with van der Waals surface area (Å²) in [6, 6.07) is -0.256. The van der Waals surface area contributed by atoms with Crippen molar-refractivity contribution in [1.82, 2.24) is 16.0 Å². The van der Waals surface area contributed by atoms with Gasteiger partial charge in [-0.15, -0.1) is 0 Å². The van der Waals surface area contributed by atoms with Gasteiger partial charge in [0.25, 0.3) is 0 Å². The van der Waals surface area contributed by atoms with Gasteiger partial charge in [-0.05, 0) is 25.2 Å². The van der Waals surface area contributed by atoms with Crippen molar-refractivity contribution in [2.24, 2.45) is 5.92 Å². The summed E-state index contributed by atoms with van der Waals surface area (Å²) in [6.45, 7) is 2.96. The Bertz CT molecular complexity index is 350. The van der Waals surface area contributed by atoms with E-state index >= 15 is 0 Å². The van der Waals surface area contributed by atoms with Crippen LogP contribution in [0.4, 0.5) is 4.79 Å². The highest BCUT2D eigenvalue weighted by atomic mass is 16.4. The van der Waals surface area contributed by atoms with Gasteiger partial charge >= 0.3 is 12.0 Å². The molecule has 1 fully saturated rings. The molecule has 4 N–H and O–H groups in total. The highest BCUT2D eigenvalue weighted by Crippen LogP contribution is 2.09. The molecule has 0 bridgehead atoms. The second-order valence-electron chi connectivity index (χ2n) is 5.27. The van der Waals surface area contributed by atoms with E-state index in [4.69, 9.17) is 5.11 Å². The molecule has 1 heterocycles. The molecular weight excluding hydrogens is 262 g/mol. The Morgan fingerprint density at radius 1 is 1.45 bits per heavy atom. The number of carbonyl (C=O) groups is 3. The third-order valence-corrected chi connectivity index (χ3v) is 3.37. The van der Waals surface area contributed by atoms with Gasteiger partial charge in [0.2, 0.25) is 5.91 Å². The number of urea groups is 1. The van der Waals surface area contributed by atoms with Gasteiger partial charge < -0.3 is 21.1 Å². The zero-order valence-corrected chi connectivity index (χ0v) is 11.8. The number of hydrogen-bond acceptors (Lipinski definition) is 3. The van der Waals surface area contributed by atoms with Crippen LogP contribution in [-0.4, -0.2) is 42.1 Å². The quantitative estimate of drug-likeness (QED) is 0.545.